The molecule has 156 valence electrons. The molecule has 0 unspecified atom stereocenters. The number of nitrogens with zero attached hydrogens (tertiary/aromatic N) is 3. The summed E-state index contributed by atoms with van der Waals surface area (Å²) < 4.78 is 40.3. The highest BCUT2D eigenvalue weighted by Gasteiger charge is 2.37. The van der Waals surface area contributed by atoms with E-state index >= 15 is 0 Å². The van der Waals surface area contributed by atoms with Crippen molar-refractivity contribution < 1.29 is 12.8 Å². The fourth-order valence-corrected chi connectivity index (χ4v) is 5.77. The van der Waals surface area contributed by atoms with E-state index in [1.165, 1.54) is 12.1 Å². The van der Waals surface area contributed by atoms with E-state index in [-0.39, 0.29) is 11.6 Å². The maximum atomic E-state index is 13.1. The minimum Gasteiger partial charge on any atom is -0.354 e. The minimum absolute atomic E-state index is 0.0949. The van der Waals surface area contributed by atoms with Crippen LogP contribution in [0.25, 0.3) is 11.1 Å². The number of halogens is 1. The first kappa shape index (κ1) is 20.2. The van der Waals surface area contributed by atoms with Gasteiger partial charge in [-0.3, -0.25) is 5.32 Å². The van der Waals surface area contributed by atoms with Gasteiger partial charge >= 0.3 is 0 Å². The first-order valence-corrected chi connectivity index (χ1v) is 11.4. The van der Waals surface area contributed by atoms with E-state index in [9.17, 15) is 12.8 Å². The van der Waals surface area contributed by atoms with E-state index in [2.05, 4.69) is 20.5 Å². The first-order chi connectivity index (χ1) is 13.8. The molecule has 1 aromatic carbocycles. The van der Waals surface area contributed by atoms with Gasteiger partial charge in [-0.2, -0.15) is 4.31 Å². The Balaban J connectivity index is 1.37. The van der Waals surface area contributed by atoms with Crippen LogP contribution in [0.15, 0.2) is 42.6 Å². The molecule has 29 heavy (non-hydrogen) atoms. The number of anilines is 1. The molecule has 4 rings (SSSR count). The van der Waals surface area contributed by atoms with Crippen molar-refractivity contribution in [3.8, 4) is 11.1 Å². The number of piperazine rings is 1. The van der Waals surface area contributed by atoms with Crippen molar-refractivity contribution in [2.24, 2.45) is 0 Å². The molecule has 7 nitrogen and oxygen atoms in total. The Hall–Kier alpha value is -2.07. The number of hydrogen-bond acceptors (Lipinski definition) is 6. The normalized spacial score (nSPS) is 23.4. The number of sulfonamides is 1. The summed E-state index contributed by atoms with van der Waals surface area (Å²) in [6.07, 6.45) is 1.77. The maximum absolute atomic E-state index is 13.1. The minimum atomic E-state index is -3.32. The fraction of sp³-hybridized carbons (Fsp3) is 0.450. The number of aromatic nitrogens is 1. The lowest BCUT2D eigenvalue weighted by Gasteiger charge is -2.36. The van der Waals surface area contributed by atoms with Gasteiger partial charge in [-0.15, -0.1) is 0 Å². The topological polar surface area (TPSA) is 77.6 Å². The van der Waals surface area contributed by atoms with Crippen LogP contribution in [0.5, 0.6) is 0 Å². The van der Waals surface area contributed by atoms with E-state index < -0.39 is 15.6 Å². The molecule has 0 spiro atoms. The number of hydrogen-bond donors (Lipinski definition) is 2. The summed E-state index contributed by atoms with van der Waals surface area (Å²) in [5.41, 5.74) is 1.40. The third kappa shape index (κ3) is 4.58. The van der Waals surface area contributed by atoms with Crippen LogP contribution in [0.4, 0.5) is 10.2 Å². The molecule has 3 heterocycles. The van der Waals surface area contributed by atoms with Gasteiger partial charge < -0.3 is 10.2 Å². The first-order valence-electron chi connectivity index (χ1n) is 9.75. The monoisotopic (exact) mass is 419 g/mol. The Morgan fingerprint density at radius 2 is 1.76 bits per heavy atom. The van der Waals surface area contributed by atoms with Crippen molar-refractivity contribution in [1.82, 2.24) is 19.9 Å². The molecule has 0 bridgehead atoms. The van der Waals surface area contributed by atoms with Gasteiger partial charge in [0.05, 0.1) is 5.75 Å². The molecule has 0 saturated carbocycles. The smallest absolute Gasteiger partial charge is 0.216 e. The molecule has 2 aliphatic heterocycles. The van der Waals surface area contributed by atoms with Crippen LogP contribution in [-0.4, -0.2) is 68.4 Å². The molecule has 0 radical (unpaired) electrons. The highest BCUT2D eigenvalue weighted by atomic mass is 32.2. The standard InChI is InChI=1S/C20H26FN5O2S/c1-20(13-22-15-24-20)14-29(27,28)26-10-8-25(9-11-26)19-7-4-17(12-23-19)16-2-5-18(21)6-3-16/h2-7,12,22,24H,8-11,13-15H2,1H3/t20-/m0/s1. The van der Waals surface area contributed by atoms with E-state index in [0.29, 0.717) is 39.4 Å². The molecule has 2 aliphatic rings. The van der Waals surface area contributed by atoms with Gasteiger partial charge in [0.15, 0.2) is 0 Å². The van der Waals surface area contributed by atoms with Crippen LogP contribution in [-0.2, 0) is 10.0 Å². The zero-order valence-electron chi connectivity index (χ0n) is 16.4. The summed E-state index contributed by atoms with van der Waals surface area (Å²) in [5.74, 6) is 0.652. The van der Waals surface area contributed by atoms with Crippen LogP contribution in [0, 0.1) is 5.82 Å². The summed E-state index contributed by atoms with van der Waals surface area (Å²) in [5, 5.41) is 6.38. The summed E-state index contributed by atoms with van der Waals surface area (Å²) in [7, 11) is -3.32. The summed E-state index contributed by atoms with van der Waals surface area (Å²) in [6.45, 7) is 5.33. The Labute approximate surface area is 171 Å². The van der Waals surface area contributed by atoms with Crippen molar-refractivity contribution >= 4 is 15.8 Å². The lowest BCUT2D eigenvalue weighted by molar-refractivity contribution is 0.373. The van der Waals surface area contributed by atoms with Crippen molar-refractivity contribution in [2.45, 2.75) is 12.5 Å². The quantitative estimate of drug-likeness (QED) is 0.760. The molecule has 1 atom stereocenters. The third-order valence-corrected chi connectivity index (χ3v) is 7.69. The third-order valence-electron chi connectivity index (χ3n) is 5.54. The molecule has 0 aliphatic carbocycles. The van der Waals surface area contributed by atoms with E-state index in [0.717, 1.165) is 16.9 Å². The summed E-state index contributed by atoms with van der Waals surface area (Å²) in [4.78, 5) is 6.62. The van der Waals surface area contributed by atoms with Crippen molar-refractivity contribution in [2.75, 3.05) is 50.0 Å². The SMILES string of the molecule is C[C@@]1(CS(=O)(=O)N2CCN(c3ccc(-c4ccc(F)cc4)cn3)CC2)CNCN1. The lowest BCUT2D eigenvalue weighted by Crippen LogP contribution is -2.54. The predicted molar refractivity (Wildman–Crippen MR) is 112 cm³/mol. The van der Waals surface area contributed by atoms with E-state index in [1.54, 1.807) is 22.6 Å². The molecule has 9 heteroatoms. The van der Waals surface area contributed by atoms with Crippen molar-refractivity contribution in [1.29, 1.82) is 0 Å². The molecule has 1 aromatic heterocycles. The summed E-state index contributed by atoms with van der Waals surface area (Å²) >= 11 is 0. The zero-order chi connectivity index (χ0) is 20.5. The van der Waals surface area contributed by atoms with Gasteiger partial charge in [-0.25, -0.2) is 17.8 Å². The zero-order valence-corrected chi connectivity index (χ0v) is 17.3. The number of pyridine rings is 1. The predicted octanol–water partition coefficient (Wildman–Crippen LogP) is 1.25. The van der Waals surface area contributed by atoms with Crippen LogP contribution in [0.3, 0.4) is 0 Å². The van der Waals surface area contributed by atoms with Gasteiger partial charge in [0.2, 0.25) is 10.0 Å². The average molecular weight is 420 g/mol. The Morgan fingerprint density at radius 1 is 1.07 bits per heavy atom. The number of rotatable bonds is 5. The van der Waals surface area contributed by atoms with Crippen LogP contribution in [0.2, 0.25) is 0 Å². The molecular weight excluding hydrogens is 393 g/mol. The van der Waals surface area contributed by atoms with Gasteiger partial charge in [0.25, 0.3) is 0 Å². The Bertz CT molecular complexity index is 936. The van der Waals surface area contributed by atoms with Gasteiger partial charge in [-0.05, 0) is 36.8 Å². The molecule has 2 N–H and O–H groups in total. The van der Waals surface area contributed by atoms with Crippen molar-refractivity contribution in [3.05, 3.63) is 48.4 Å². The molecule has 2 saturated heterocycles. The molecule has 2 fully saturated rings. The second-order valence-electron chi connectivity index (χ2n) is 7.90. The van der Waals surface area contributed by atoms with Crippen LogP contribution < -0.4 is 15.5 Å². The fourth-order valence-electron chi connectivity index (χ4n) is 3.85. The van der Waals surface area contributed by atoms with Gasteiger partial charge in [-0.1, -0.05) is 12.1 Å². The van der Waals surface area contributed by atoms with Gasteiger partial charge in [0, 0.05) is 56.7 Å². The molecular formula is C20H26FN5O2S. The Kier molecular flexibility index (Phi) is 5.56. The second kappa shape index (κ2) is 7.98. The largest absolute Gasteiger partial charge is 0.354 e. The van der Waals surface area contributed by atoms with Gasteiger partial charge in [0.1, 0.15) is 11.6 Å². The van der Waals surface area contributed by atoms with Crippen LogP contribution in [0.1, 0.15) is 6.92 Å². The van der Waals surface area contributed by atoms with Crippen molar-refractivity contribution in [3.63, 3.8) is 0 Å². The van der Waals surface area contributed by atoms with E-state index in [1.807, 2.05) is 19.1 Å². The molecule has 0 amide bonds. The number of benzene rings is 1. The van der Waals surface area contributed by atoms with Crippen LogP contribution >= 0.6 is 0 Å². The van der Waals surface area contributed by atoms with E-state index in [4.69, 9.17) is 0 Å². The average Bonchev–Trinajstić information content (AvgIpc) is 3.14. The highest BCUT2D eigenvalue weighted by Crippen LogP contribution is 2.23. The second-order valence-corrected chi connectivity index (χ2v) is 9.86. The number of nitrogens with one attached hydrogen (secondary N) is 2. The lowest BCUT2D eigenvalue weighted by atomic mass is 10.1. The maximum Gasteiger partial charge on any atom is 0.216 e. The highest BCUT2D eigenvalue weighted by molar-refractivity contribution is 7.89. The molecule has 2 aromatic rings. The summed E-state index contributed by atoms with van der Waals surface area (Å²) in [6, 6.07) is 10.2. The Morgan fingerprint density at radius 3 is 2.34 bits per heavy atom.